The Morgan fingerprint density at radius 2 is 2.06 bits per heavy atom. The second-order valence-electron chi connectivity index (χ2n) is 4.99. The lowest BCUT2D eigenvalue weighted by atomic mass is 9.91. The zero-order valence-corrected chi connectivity index (χ0v) is 11.2. The molecule has 96 valence electrons. The molecule has 0 aliphatic heterocycles. The largest absolute Gasteiger partial charge is 0.385 e. The maximum absolute atomic E-state index is 10.5. The standard InChI is InChI=1S/C15H20N2O/c1-11-4-5-12-10-13(6-7-14(12)17-11)15(2,18)8-9-16-3/h4-7,10,16,18H,8-9H2,1-3H3. The van der Waals surface area contributed by atoms with Gasteiger partial charge < -0.3 is 10.4 Å². The molecule has 0 spiro atoms. The highest BCUT2D eigenvalue weighted by molar-refractivity contribution is 5.79. The first-order chi connectivity index (χ1) is 8.53. The molecule has 0 aliphatic rings. The number of rotatable bonds is 4. The van der Waals surface area contributed by atoms with Crippen molar-refractivity contribution in [3.05, 3.63) is 41.6 Å². The van der Waals surface area contributed by atoms with Crippen LogP contribution in [0.2, 0.25) is 0 Å². The molecule has 0 amide bonds. The van der Waals surface area contributed by atoms with Gasteiger partial charge in [0.1, 0.15) is 0 Å². The Kier molecular flexibility index (Phi) is 3.64. The summed E-state index contributed by atoms with van der Waals surface area (Å²) in [6.45, 7) is 4.63. The van der Waals surface area contributed by atoms with Crippen molar-refractivity contribution in [1.29, 1.82) is 0 Å². The van der Waals surface area contributed by atoms with Gasteiger partial charge in [-0.05, 0) is 57.6 Å². The van der Waals surface area contributed by atoms with Crippen molar-refractivity contribution in [2.75, 3.05) is 13.6 Å². The van der Waals surface area contributed by atoms with E-state index in [4.69, 9.17) is 0 Å². The van der Waals surface area contributed by atoms with E-state index in [-0.39, 0.29) is 0 Å². The molecule has 1 aromatic heterocycles. The van der Waals surface area contributed by atoms with Crippen LogP contribution in [0.4, 0.5) is 0 Å². The Morgan fingerprint density at radius 1 is 1.28 bits per heavy atom. The molecule has 2 aromatic rings. The number of benzene rings is 1. The fourth-order valence-electron chi connectivity index (χ4n) is 2.08. The number of pyridine rings is 1. The Bertz CT molecular complexity index is 549. The van der Waals surface area contributed by atoms with Crippen LogP contribution < -0.4 is 5.32 Å². The molecule has 0 radical (unpaired) electrons. The quantitative estimate of drug-likeness (QED) is 0.868. The lowest BCUT2D eigenvalue weighted by Gasteiger charge is -2.24. The molecule has 3 heteroatoms. The summed E-state index contributed by atoms with van der Waals surface area (Å²) in [5.74, 6) is 0. The van der Waals surface area contributed by atoms with Crippen molar-refractivity contribution in [3.8, 4) is 0 Å². The van der Waals surface area contributed by atoms with Crippen molar-refractivity contribution in [2.24, 2.45) is 0 Å². The summed E-state index contributed by atoms with van der Waals surface area (Å²) < 4.78 is 0. The van der Waals surface area contributed by atoms with Crippen LogP contribution in [-0.2, 0) is 5.60 Å². The number of fused-ring (bicyclic) bond motifs is 1. The SMILES string of the molecule is CNCCC(C)(O)c1ccc2nc(C)ccc2c1. The minimum absolute atomic E-state index is 0.689. The molecule has 1 unspecified atom stereocenters. The first-order valence-corrected chi connectivity index (χ1v) is 6.28. The van der Waals surface area contributed by atoms with Crippen LogP contribution in [0.5, 0.6) is 0 Å². The predicted octanol–water partition coefficient (Wildman–Crippen LogP) is 2.36. The van der Waals surface area contributed by atoms with E-state index >= 15 is 0 Å². The van der Waals surface area contributed by atoms with Crippen molar-refractivity contribution >= 4 is 10.9 Å². The Hall–Kier alpha value is -1.45. The molecule has 0 bridgehead atoms. The number of aliphatic hydroxyl groups is 1. The van der Waals surface area contributed by atoms with Gasteiger partial charge in [-0.3, -0.25) is 4.98 Å². The molecular weight excluding hydrogens is 224 g/mol. The van der Waals surface area contributed by atoms with Crippen molar-refractivity contribution < 1.29 is 5.11 Å². The van der Waals surface area contributed by atoms with Gasteiger partial charge >= 0.3 is 0 Å². The average Bonchev–Trinajstić information content (AvgIpc) is 2.35. The van der Waals surface area contributed by atoms with E-state index in [1.165, 1.54) is 0 Å². The van der Waals surface area contributed by atoms with E-state index in [1.807, 2.05) is 45.2 Å². The lowest BCUT2D eigenvalue weighted by molar-refractivity contribution is 0.0487. The van der Waals surface area contributed by atoms with Crippen LogP contribution in [0.1, 0.15) is 24.6 Å². The second kappa shape index (κ2) is 5.04. The zero-order chi connectivity index (χ0) is 13.2. The van der Waals surface area contributed by atoms with Crippen LogP contribution in [0, 0.1) is 6.92 Å². The molecule has 3 nitrogen and oxygen atoms in total. The van der Waals surface area contributed by atoms with Crippen molar-refractivity contribution in [1.82, 2.24) is 10.3 Å². The van der Waals surface area contributed by atoms with Gasteiger partial charge in [-0.25, -0.2) is 0 Å². The molecule has 0 aliphatic carbocycles. The Morgan fingerprint density at radius 3 is 2.78 bits per heavy atom. The van der Waals surface area contributed by atoms with Crippen LogP contribution in [0.25, 0.3) is 10.9 Å². The number of hydrogen-bond donors (Lipinski definition) is 2. The third kappa shape index (κ3) is 2.68. The number of nitrogens with one attached hydrogen (secondary N) is 1. The zero-order valence-electron chi connectivity index (χ0n) is 11.2. The van der Waals surface area contributed by atoms with E-state index in [0.29, 0.717) is 6.42 Å². The molecule has 2 N–H and O–H groups in total. The van der Waals surface area contributed by atoms with Crippen LogP contribution in [-0.4, -0.2) is 23.7 Å². The topological polar surface area (TPSA) is 45.1 Å². The fourth-order valence-corrected chi connectivity index (χ4v) is 2.08. The van der Waals surface area contributed by atoms with Crippen molar-refractivity contribution in [2.45, 2.75) is 25.9 Å². The Balaban J connectivity index is 2.37. The second-order valence-corrected chi connectivity index (χ2v) is 4.99. The van der Waals surface area contributed by atoms with Gasteiger partial charge in [-0.2, -0.15) is 0 Å². The van der Waals surface area contributed by atoms with E-state index in [2.05, 4.69) is 16.4 Å². The molecule has 1 atom stereocenters. The summed E-state index contributed by atoms with van der Waals surface area (Å²) in [7, 11) is 1.89. The smallest absolute Gasteiger partial charge is 0.0880 e. The highest BCUT2D eigenvalue weighted by Gasteiger charge is 2.22. The molecule has 2 rings (SSSR count). The lowest BCUT2D eigenvalue weighted by Crippen LogP contribution is -2.26. The van der Waals surface area contributed by atoms with Gasteiger partial charge in [0.25, 0.3) is 0 Å². The maximum atomic E-state index is 10.5. The summed E-state index contributed by atoms with van der Waals surface area (Å²) in [5, 5.41) is 14.6. The summed E-state index contributed by atoms with van der Waals surface area (Å²) in [4.78, 5) is 4.47. The summed E-state index contributed by atoms with van der Waals surface area (Å²) in [5.41, 5.74) is 2.12. The van der Waals surface area contributed by atoms with Crippen molar-refractivity contribution in [3.63, 3.8) is 0 Å². The predicted molar refractivity (Wildman–Crippen MR) is 74.6 cm³/mol. The Labute approximate surface area is 108 Å². The van der Waals surface area contributed by atoms with Crippen LogP contribution in [0.15, 0.2) is 30.3 Å². The number of hydrogen-bond acceptors (Lipinski definition) is 3. The van der Waals surface area contributed by atoms with Gasteiger partial charge in [-0.15, -0.1) is 0 Å². The van der Waals surface area contributed by atoms with E-state index in [0.717, 1.165) is 28.7 Å². The molecule has 0 fully saturated rings. The highest BCUT2D eigenvalue weighted by atomic mass is 16.3. The first kappa shape index (κ1) is 13.0. The number of aryl methyl sites for hydroxylation is 1. The number of nitrogens with zero attached hydrogens (tertiary/aromatic N) is 1. The van der Waals surface area contributed by atoms with Crippen LogP contribution >= 0.6 is 0 Å². The van der Waals surface area contributed by atoms with E-state index in [1.54, 1.807) is 0 Å². The fraction of sp³-hybridized carbons (Fsp3) is 0.400. The van der Waals surface area contributed by atoms with Gasteiger partial charge in [0, 0.05) is 11.1 Å². The minimum atomic E-state index is -0.803. The molecular formula is C15H20N2O. The first-order valence-electron chi connectivity index (χ1n) is 6.28. The summed E-state index contributed by atoms with van der Waals surface area (Å²) >= 11 is 0. The van der Waals surface area contributed by atoms with Gasteiger partial charge in [0.05, 0.1) is 11.1 Å². The van der Waals surface area contributed by atoms with Gasteiger partial charge in [0.2, 0.25) is 0 Å². The average molecular weight is 244 g/mol. The monoisotopic (exact) mass is 244 g/mol. The third-order valence-corrected chi connectivity index (χ3v) is 3.31. The van der Waals surface area contributed by atoms with Crippen LogP contribution in [0.3, 0.4) is 0 Å². The third-order valence-electron chi connectivity index (χ3n) is 3.31. The van der Waals surface area contributed by atoms with Gasteiger partial charge in [-0.1, -0.05) is 12.1 Å². The van der Waals surface area contributed by atoms with E-state index < -0.39 is 5.60 Å². The molecule has 18 heavy (non-hydrogen) atoms. The van der Waals surface area contributed by atoms with Gasteiger partial charge in [0.15, 0.2) is 0 Å². The highest BCUT2D eigenvalue weighted by Crippen LogP contribution is 2.26. The molecule has 0 saturated heterocycles. The molecule has 1 heterocycles. The maximum Gasteiger partial charge on any atom is 0.0880 e. The summed E-state index contributed by atoms with van der Waals surface area (Å²) in [6, 6.07) is 10.0. The van der Waals surface area contributed by atoms with E-state index in [9.17, 15) is 5.11 Å². The normalized spacial score (nSPS) is 14.7. The molecule has 1 aromatic carbocycles. The minimum Gasteiger partial charge on any atom is -0.385 e. The molecule has 0 saturated carbocycles. The number of aromatic nitrogens is 1. The summed E-state index contributed by atoms with van der Waals surface area (Å²) in [6.07, 6.45) is 0.689.